The molecule has 0 bridgehead atoms. The highest BCUT2D eigenvalue weighted by atomic mass is 32.2. The van der Waals surface area contributed by atoms with E-state index in [4.69, 9.17) is 9.63 Å². The number of carboxylic acids is 1. The molecule has 0 radical (unpaired) electrons. The molecule has 0 atom stereocenters. The molecule has 0 unspecified atom stereocenters. The van der Waals surface area contributed by atoms with Gasteiger partial charge in [-0.05, 0) is 18.6 Å². The van der Waals surface area contributed by atoms with E-state index in [0.29, 0.717) is 11.1 Å². The fourth-order valence-corrected chi connectivity index (χ4v) is 2.66. The van der Waals surface area contributed by atoms with Crippen molar-refractivity contribution in [2.45, 2.75) is 11.8 Å². The first-order valence-corrected chi connectivity index (χ1v) is 7.19. The van der Waals surface area contributed by atoms with Gasteiger partial charge in [-0.1, -0.05) is 17.3 Å². The minimum atomic E-state index is -3.35. The van der Waals surface area contributed by atoms with Gasteiger partial charge in [-0.3, -0.25) is 0 Å². The van der Waals surface area contributed by atoms with Crippen LogP contribution in [0.3, 0.4) is 0 Å². The average Bonchev–Trinajstić information content (AvgIpc) is 2.77. The van der Waals surface area contributed by atoms with Crippen molar-refractivity contribution in [3.8, 4) is 11.3 Å². The van der Waals surface area contributed by atoms with Gasteiger partial charge in [0.05, 0.1) is 4.90 Å². The van der Waals surface area contributed by atoms with E-state index < -0.39 is 15.8 Å². The fraction of sp³-hybridized carbons (Fsp3) is 0.167. The summed E-state index contributed by atoms with van der Waals surface area (Å²) in [4.78, 5) is 10.9. The van der Waals surface area contributed by atoms with Crippen LogP contribution in [0.2, 0.25) is 0 Å². The smallest absolute Gasteiger partial charge is 0.358 e. The molecule has 7 heteroatoms. The van der Waals surface area contributed by atoms with Crippen LogP contribution in [0.1, 0.15) is 16.1 Å². The number of hydrogen-bond acceptors (Lipinski definition) is 5. The van der Waals surface area contributed by atoms with E-state index in [2.05, 4.69) is 5.16 Å². The third-order valence-electron chi connectivity index (χ3n) is 2.60. The number of carbonyl (C=O) groups is 1. The SMILES string of the molecule is Cc1ccc(-c2cc(C(=O)O)no2)cc1S(C)(=O)=O. The van der Waals surface area contributed by atoms with Crippen molar-refractivity contribution in [2.75, 3.05) is 6.26 Å². The van der Waals surface area contributed by atoms with Gasteiger partial charge in [0.25, 0.3) is 0 Å². The zero-order chi connectivity index (χ0) is 14.2. The Balaban J connectivity index is 2.54. The minimum absolute atomic E-state index is 0.179. The second kappa shape index (κ2) is 4.51. The van der Waals surface area contributed by atoms with Crippen LogP contribution in [0, 0.1) is 6.92 Å². The maximum atomic E-state index is 11.6. The van der Waals surface area contributed by atoms with Gasteiger partial charge in [-0.25, -0.2) is 13.2 Å². The lowest BCUT2D eigenvalue weighted by molar-refractivity contribution is 0.0686. The quantitative estimate of drug-likeness (QED) is 0.920. The Kier molecular flexibility index (Phi) is 3.15. The summed E-state index contributed by atoms with van der Waals surface area (Å²) >= 11 is 0. The van der Waals surface area contributed by atoms with Gasteiger partial charge < -0.3 is 9.63 Å². The maximum absolute atomic E-state index is 11.6. The lowest BCUT2D eigenvalue weighted by atomic mass is 10.1. The standard InChI is InChI=1S/C12H11NO5S/c1-7-3-4-8(5-11(7)19(2,16)17)10-6-9(12(14)15)13-18-10/h3-6H,1-2H3,(H,14,15). The van der Waals surface area contributed by atoms with E-state index in [-0.39, 0.29) is 16.3 Å². The van der Waals surface area contributed by atoms with Crippen molar-refractivity contribution in [2.24, 2.45) is 0 Å². The molecule has 1 heterocycles. The second-order valence-electron chi connectivity index (χ2n) is 4.13. The van der Waals surface area contributed by atoms with Crippen molar-refractivity contribution in [1.82, 2.24) is 5.16 Å². The molecular formula is C12H11NO5S. The molecule has 0 amide bonds. The molecule has 0 fully saturated rings. The van der Waals surface area contributed by atoms with Gasteiger partial charge in [0.1, 0.15) is 0 Å². The Morgan fingerprint density at radius 1 is 1.32 bits per heavy atom. The van der Waals surface area contributed by atoms with E-state index in [1.54, 1.807) is 19.1 Å². The Morgan fingerprint density at radius 2 is 2.00 bits per heavy atom. The highest BCUT2D eigenvalue weighted by molar-refractivity contribution is 7.90. The molecule has 0 spiro atoms. The molecule has 2 aromatic rings. The molecule has 19 heavy (non-hydrogen) atoms. The Bertz CT molecular complexity index is 745. The molecule has 2 rings (SSSR count). The van der Waals surface area contributed by atoms with Crippen LogP contribution in [-0.4, -0.2) is 30.9 Å². The normalized spacial score (nSPS) is 11.5. The van der Waals surface area contributed by atoms with Gasteiger partial charge >= 0.3 is 5.97 Å². The van der Waals surface area contributed by atoms with Gasteiger partial charge in [0, 0.05) is 17.9 Å². The summed E-state index contributed by atoms with van der Waals surface area (Å²) in [5.74, 6) is -0.993. The molecule has 1 aromatic carbocycles. The number of aromatic carboxylic acids is 1. The summed E-state index contributed by atoms with van der Waals surface area (Å²) in [7, 11) is -3.35. The van der Waals surface area contributed by atoms with Crippen LogP contribution in [0.5, 0.6) is 0 Å². The monoisotopic (exact) mass is 281 g/mol. The Hall–Kier alpha value is -2.15. The van der Waals surface area contributed by atoms with Crippen molar-refractivity contribution in [3.63, 3.8) is 0 Å². The van der Waals surface area contributed by atoms with E-state index >= 15 is 0 Å². The summed E-state index contributed by atoms with van der Waals surface area (Å²) in [5, 5.41) is 12.1. The average molecular weight is 281 g/mol. The van der Waals surface area contributed by atoms with E-state index in [0.717, 1.165) is 6.26 Å². The molecule has 1 aromatic heterocycles. The molecule has 0 saturated heterocycles. The van der Waals surface area contributed by atoms with Crippen molar-refractivity contribution in [1.29, 1.82) is 0 Å². The molecule has 0 saturated carbocycles. The third-order valence-corrected chi connectivity index (χ3v) is 3.84. The van der Waals surface area contributed by atoms with E-state index in [9.17, 15) is 13.2 Å². The zero-order valence-corrected chi connectivity index (χ0v) is 11.1. The maximum Gasteiger partial charge on any atom is 0.358 e. The number of benzene rings is 1. The number of nitrogens with zero attached hydrogens (tertiary/aromatic N) is 1. The number of aromatic nitrogens is 1. The van der Waals surface area contributed by atoms with E-state index in [1.165, 1.54) is 12.1 Å². The Morgan fingerprint density at radius 3 is 2.53 bits per heavy atom. The zero-order valence-electron chi connectivity index (χ0n) is 10.2. The summed E-state index contributed by atoms with van der Waals surface area (Å²) in [6.45, 7) is 1.68. The predicted octanol–water partition coefficient (Wildman–Crippen LogP) is 1.75. The van der Waals surface area contributed by atoms with Crippen molar-refractivity contribution >= 4 is 15.8 Å². The van der Waals surface area contributed by atoms with Crippen molar-refractivity contribution < 1.29 is 22.8 Å². The van der Waals surface area contributed by atoms with Crippen LogP contribution in [0.25, 0.3) is 11.3 Å². The number of carboxylic acid groups (broad SMARTS) is 1. The van der Waals surface area contributed by atoms with Gasteiger partial charge in [-0.2, -0.15) is 0 Å². The number of rotatable bonds is 3. The number of aryl methyl sites for hydroxylation is 1. The second-order valence-corrected chi connectivity index (χ2v) is 6.12. The fourth-order valence-electron chi connectivity index (χ4n) is 1.66. The molecular weight excluding hydrogens is 270 g/mol. The van der Waals surface area contributed by atoms with Crippen LogP contribution < -0.4 is 0 Å². The van der Waals surface area contributed by atoms with Crippen LogP contribution >= 0.6 is 0 Å². The van der Waals surface area contributed by atoms with Crippen LogP contribution in [0.15, 0.2) is 33.7 Å². The van der Waals surface area contributed by atoms with Gasteiger partial charge in [0.15, 0.2) is 21.3 Å². The largest absolute Gasteiger partial charge is 0.476 e. The summed E-state index contributed by atoms with van der Waals surface area (Å²) < 4.78 is 28.1. The molecule has 0 aliphatic rings. The summed E-state index contributed by atoms with van der Waals surface area (Å²) in [6, 6.07) is 5.97. The van der Waals surface area contributed by atoms with Crippen LogP contribution in [-0.2, 0) is 9.84 Å². The number of sulfone groups is 1. The summed E-state index contributed by atoms with van der Waals surface area (Å²) in [6.07, 6.45) is 1.11. The van der Waals surface area contributed by atoms with E-state index in [1.807, 2.05) is 0 Å². The lowest BCUT2D eigenvalue weighted by Gasteiger charge is -2.04. The minimum Gasteiger partial charge on any atom is -0.476 e. The topological polar surface area (TPSA) is 97.5 Å². The molecule has 100 valence electrons. The molecule has 1 N–H and O–H groups in total. The van der Waals surface area contributed by atoms with Gasteiger partial charge in [0.2, 0.25) is 0 Å². The van der Waals surface area contributed by atoms with Crippen LogP contribution in [0.4, 0.5) is 0 Å². The molecule has 6 nitrogen and oxygen atoms in total. The first kappa shape index (κ1) is 13.3. The third kappa shape index (κ3) is 2.65. The Labute approximate surface area is 109 Å². The highest BCUT2D eigenvalue weighted by Gasteiger charge is 2.16. The highest BCUT2D eigenvalue weighted by Crippen LogP contribution is 2.25. The lowest BCUT2D eigenvalue weighted by Crippen LogP contribution is -2.00. The van der Waals surface area contributed by atoms with Gasteiger partial charge in [-0.15, -0.1) is 0 Å². The first-order chi connectivity index (χ1) is 8.79. The van der Waals surface area contributed by atoms with Crippen molar-refractivity contribution in [3.05, 3.63) is 35.5 Å². The molecule has 0 aliphatic carbocycles. The number of hydrogen-bond donors (Lipinski definition) is 1. The summed E-state index contributed by atoms with van der Waals surface area (Å²) in [5.41, 5.74) is 0.853. The first-order valence-electron chi connectivity index (χ1n) is 5.30. The molecule has 0 aliphatic heterocycles. The predicted molar refractivity (Wildman–Crippen MR) is 66.7 cm³/mol.